The van der Waals surface area contributed by atoms with Crippen LogP contribution in [0.3, 0.4) is 0 Å². The van der Waals surface area contributed by atoms with Gasteiger partial charge in [0.2, 0.25) is 5.91 Å². The van der Waals surface area contributed by atoms with Gasteiger partial charge in [0.1, 0.15) is 0 Å². The van der Waals surface area contributed by atoms with Gasteiger partial charge in [0.15, 0.2) is 0 Å². The first-order chi connectivity index (χ1) is 8.91. The molecule has 6 heteroatoms. The van der Waals surface area contributed by atoms with Gasteiger partial charge in [-0.1, -0.05) is 0 Å². The molecule has 19 heavy (non-hydrogen) atoms. The maximum absolute atomic E-state index is 11.3. The normalized spacial score (nSPS) is 10.5. The smallest absolute Gasteiger partial charge is 0.250 e. The standard InChI is InChI=1S/C13H19N3O3/c1-8(2)19-6-5-16-11-7-9(12(14)17)3-4-10(11)13(15)18/h3-4,7-8,16H,5-6H2,1-2H3,(H2,14,17)(H2,15,18). The molecule has 0 aliphatic carbocycles. The van der Waals surface area contributed by atoms with E-state index in [0.717, 1.165) is 0 Å². The van der Waals surface area contributed by atoms with Crippen LogP contribution in [-0.4, -0.2) is 31.1 Å². The van der Waals surface area contributed by atoms with Crippen LogP contribution in [-0.2, 0) is 4.74 Å². The van der Waals surface area contributed by atoms with Crippen LogP contribution in [0, 0.1) is 0 Å². The Kier molecular flexibility index (Phi) is 5.32. The lowest BCUT2D eigenvalue weighted by molar-refractivity contribution is 0.0869. The number of carbonyl (C=O) groups excluding carboxylic acids is 2. The SMILES string of the molecule is CC(C)OCCNc1cc(C(N)=O)ccc1C(N)=O. The van der Waals surface area contributed by atoms with Crippen molar-refractivity contribution in [3.8, 4) is 0 Å². The Hall–Kier alpha value is -2.08. The summed E-state index contributed by atoms with van der Waals surface area (Å²) in [4.78, 5) is 22.4. The van der Waals surface area contributed by atoms with E-state index in [1.807, 2.05) is 13.8 Å². The minimum absolute atomic E-state index is 0.134. The first-order valence-corrected chi connectivity index (χ1v) is 6.01. The average molecular weight is 265 g/mol. The monoisotopic (exact) mass is 265 g/mol. The van der Waals surface area contributed by atoms with E-state index in [9.17, 15) is 9.59 Å². The van der Waals surface area contributed by atoms with Crippen molar-refractivity contribution in [2.45, 2.75) is 20.0 Å². The Morgan fingerprint density at radius 1 is 1.26 bits per heavy atom. The summed E-state index contributed by atoms with van der Waals surface area (Å²) < 4.78 is 5.37. The van der Waals surface area contributed by atoms with E-state index in [1.54, 1.807) is 0 Å². The molecule has 0 radical (unpaired) electrons. The number of rotatable bonds is 7. The lowest BCUT2D eigenvalue weighted by Crippen LogP contribution is -2.19. The largest absolute Gasteiger partial charge is 0.382 e. The number of carbonyl (C=O) groups is 2. The molecular formula is C13H19N3O3. The van der Waals surface area contributed by atoms with Gasteiger partial charge in [-0.3, -0.25) is 9.59 Å². The van der Waals surface area contributed by atoms with Gasteiger partial charge in [-0.25, -0.2) is 0 Å². The Morgan fingerprint density at radius 2 is 1.95 bits per heavy atom. The van der Waals surface area contributed by atoms with E-state index in [0.29, 0.717) is 30.0 Å². The van der Waals surface area contributed by atoms with Gasteiger partial charge < -0.3 is 21.5 Å². The topological polar surface area (TPSA) is 107 Å². The zero-order valence-electron chi connectivity index (χ0n) is 11.1. The van der Waals surface area contributed by atoms with Crippen molar-refractivity contribution >= 4 is 17.5 Å². The van der Waals surface area contributed by atoms with Crippen molar-refractivity contribution in [3.05, 3.63) is 29.3 Å². The second-order valence-corrected chi connectivity index (χ2v) is 4.34. The van der Waals surface area contributed by atoms with Crippen LogP contribution >= 0.6 is 0 Å². The Balaban J connectivity index is 2.80. The summed E-state index contributed by atoms with van der Waals surface area (Å²) in [5.74, 6) is -1.12. The third kappa shape index (κ3) is 4.59. The number of benzene rings is 1. The number of amides is 2. The summed E-state index contributed by atoms with van der Waals surface area (Å²) in [6.07, 6.45) is 0.134. The number of hydrogen-bond donors (Lipinski definition) is 3. The van der Waals surface area contributed by atoms with Crippen LogP contribution < -0.4 is 16.8 Å². The van der Waals surface area contributed by atoms with Crippen LogP contribution in [0.1, 0.15) is 34.6 Å². The minimum atomic E-state index is -0.566. The van der Waals surface area contributed by atoms with Crippen molar-refractivity contribution in [1.29, 1.82) is 0 Å². The fraction of sp³-hybridized carbons (Fsp3) is 0.385. The molecular weight excluding hydrogens is 246 g/mol. The Morgan fingerprint density at radius 3 is 2.47 bits per heavy atom. The molecule has 1 rings (SSSR count). The highest BCUT2D eigenvalue weighted by Crippen LogP contribution is 2.17. The highest BCUT2D eigenvalue weighted by molar-refractivity contribution is 6.01. The van der Waals surface area contributed by atoms with E-state index in [-0.39, 0.29) is 6.10 Å². The number of nitrogens with two attached hydrogens (primary N) is 2. The van der Waals surface area contributed by atoms with Gasteiger partial charge in [0.25, 0.3) is 5.91 Å². The molecule has 0 aromatic heterocycles. The lowest BCUT2D eigenvalue weighted by Gasteiger charge is -2.12. The molecule has 0 aliphatic heterocycles. The van der Waals surface area contributed by atoms with Crippen LogP contribution in [0.15, 0.2) is 18.2 Å². The van der Waals surface area contributed by atoms with Crippen molar-refractivity contribution in [2.24, 2.45) is 11.5 Å². The lowest BCUT2D eigenvalue weighted by atomic mass is 10.1. The molecule has 1 aromatic rings. The van der Waals surface area contributed by atoms with Gasteiger partial charge >= 0.3 is 0 Å². The molecule has 0 fully saturated rings. The molecule has 0 heterocycles. The molecule has 0 spiro atoms. The van der Waals surface area contributed by atoms with E-state index in [1.165, 1.54) is 18.2 Å². The third-order valence-corrected chi connectivity index (χ3v) is 2.44. The number of hydrogen-bond acceptors (Lipinski definition) is 4. The second kappa shape index (κ2) is 6.75. The van der Waals surface area contributed by atoms with Crippen molar-refractivity contribution < 1.29 is 14.3 Å². The zero-order chi connectivity index (χ0) is 14.4. The van der Waals surface area contributed by atoms with Gasteiger partial charge in [-0.05, 0) is 32.0 Å². The van der Waals surface area contributed by atoms with Gasteiger partial charge in [0, 0.05) is 17.8 Å². The molecule has 1 aromatic carbocycles. The van der Waals surface area contributed by atoms with Gasteiger partial charge in [-0.15, -0.1) is 0 Å². The summed E-state index contributed by atoms with van der Waals surface area (Å²) in [5, 5.41) is 3.01. The molecule has 5 N–H and O–H groups in total. The number of anilines is 1. The fourth-order valence-electron chi connectivity index (χ4n) is 1.54. The first kappa shape index (κ1) is 15.0. The van der Waals surface area contributed by atoms with Crippen molar-refractivity contribution in [3.63, 3.8) is 0 Å². The summed E-state index contributed by atoms with van der Waals surface area (Å²) in [6, 6.07) is 4.46. The van der Waals surface area contributed by atoms with E-state index in [2.05, 4.69) is 5.32 Å². The Labute approximate surface area is 112 Å². The summed E-state index contributed by atoms with van der Waals surface area (Å²) in [7, 11) is 0. The highest BCUT2D eigenvalue weighted by atomic mass is 16.5. The second-order valence-electron chi connectivity index (χ2n) is 4.34. The zero-order valence-corrected chi connectivity index (χ0v) is 11.1. The summed E-state index contributed by atoms with van der Waals surface area (Å²) >= 11 is 0. The van der Waals surface area contributed by atoms with Crippen LogP contribution in [0.5, 0.6) is 0 Å². The Bertz CT molecular complexity index is 472. The molecule has 6 nitrogen and oxygen atoms in total. The molecule has 0 saturated heterocycles. The minimum Gasteiger partial charge on any atom is -0.382 e. The average Bonchev–Trinajstić information content (AvgIpc) is 2.33. The first-order valence-electron chi connectivity index (χ1n) is 6.01. The van der Waals surface area contributed by atoms with Crippen molar-refractivity contribution in [2.75, 3.05) is 18.5 Å². The molecule has 0 unspecified atom stereocenters. The number of primary amides is 2. The summed E-state index contributed by atoms with van der Waals surface area (Å²) in [5.41, 5.74) is 11.6. The molecule has 2 amide bonds. The quantitative estimate of drug-likeness (QED) is 0.631. The van der Waals surface area contributed by atoms with E-state index >= 15 is 0 Å². The molecule has 0 saturated carbocycles. The highest BCUT2D eigenvalue weighted by Gasteiger charge is 2.11. The third-order valence-electron chi connectivity index (χ3n) is 2.44. The maximum atomic E-state index is 11.3. The molecule has 0 bridgehead atoms. The predicted molar refractivity (Wildman–Crippen MR) is 73.1 cm³/mol. The predicted octanol–water partition coefficient (Wildman–Crippen LogP) is 0.721. The maximum Gasteiger partial charge on any atom is 0.250 e. The van der Waals surface area contributed by atoms with Crippen LogP contribution in [0.25, 0.3) is 0 Å². The molecule has 0 atom stereocenters. The summed E-state index contributed by atoms with van der Waals surface area (Å²) in [6.45, 7) is 4.85. The molecule has 0 aliphatic rings. The molecule has 104 valence electrons. The van der Waals surface area contributed by atoms with Crippen LogP contribution in [0.4, 0.5) is 5.69 Å². The van der Waals surface area contributed by atoms with Gasteiger partial charge in [0.05, 0.1) is 18.3 Å². The van der Waals surface area contributed by atoms with E-state index in [4.69, 9.17) is 16.2 Å². The van der Waals surface area contributed by atoms with Crippen LogP contribution in [0.2, 0.25) is 0 Å². The number of nitrogens with one attached hydrogen (secondary N) is 1. The van der Waals surface area contributed by atoms with E-state index < -0.39 is 11.8 Å². The number of ether oxygens (including phenoxy) is 1. The van der Waals surface area contributed by atoms with Crippen molar-refractivity contribution in [1.82, 2.24) is 0 Å². The fourth-order valence-corrected chi connectivity index (χ4v) is 1.54. The van der Waals surface area contributed by atoms with Gasteiger partial charge in [-0.2, -0.15) is 0 Å².